The van der Waals surface area contributed by atoms with Gasteiger partial charge in [0.2, 0.25) is 11.4 Å². The highest BCUT2D eigenvalue weighted by Crippen LogP contribution is 2.25. The minimum atomic E-state index is -4.69. The lowest BCUT2D eigenvalue weighted by Crippen LogP contribution is -2.37. The zero-order valence-electron chi connectivity index (χ0n) is 18.6. The van der Waals surface area contributed by atoms with Gasteiger partial charge in [0.1, 0.15) is 17.9 Å². The van der Waals surface area contributed by atoms with Crippen molar-refractivity contribution in [3.05, 3.63) is 51.8 Å². The number of nitrogens with one attached hydrogen (secondary N) is 1. The lowest BCUT2D eigenvalue weighted by atomic mass is 10.1. The SMILES string of the molecule is NC(=O)c1c(N)n(CC(F)(F)F)c2nc(Nc3ccc(CCN4CCOCC4)cc3)ncc2c1=O. The molecule has 10 nitrogen and oxygen atoms in total. The smallest absolute Gasteiger partial charge is 0.384 e. The van der Waals surface area contributed by atoms with E-state index in [1.807, 2.05) is 12.1 Å². The van der Waals surface area contributed by atoms with Gasteiger partial charge in [0.25, 0.3) is 5.91 Å². The van der Waals surface area contributed by atoms with Crippen LogP contribution in [0.4, 0.5) is 30.6 Å². The number of nitrogens with two attached hydrogens (primary N) is 2. The van der Waals surface area contributed by atoms with Crippen LogP contribution in [0.3, 0.4) is 0 Å². The van der Waals surface area contributed by atoms with E-state index < -0.39 is 35.4 Å². The molecule has 1 aliphatic rings. The van der Waals surface area contributed by atoms with Crippen LogP contribution in [0.1, 0.15) is 15.9 Å². The normalized spacial score (nSPS) is 14.8. The fourth-order valence-electron chi connectivity index (χ4n) is 3.87. The van der Waals surface area contributed by atoms with Gasteiger partial charge in [-0.05, 0) is 24.1 Å². The van der Waals surface area contributed by atoms with Crippen LogP contribution in [0.5, 0.6) is 0 Å². The Kier molecular flexibility index (Phi) is 6.89. The van der Waals surface area contributed by atoms with Crippen LogP contribution >= 0.6 is 0 Å². The maximum atomic E-state index is 13.2. The molecule has 186 valence electrons. The summed E-state index contributed by atoms with van der Waals surface area (Å²) < 4.78 is 45.5. The van der Waals surface area contributed by atoms with Gasteiger partial charge in [-0.25, -0.2) is 4.98 Å². The number of hydrogen-bond acceptors (Lipinski definition) is 8. The van der Waals surface area contributed by atoms with Crippen LogP contribution in [0.25, 0.3) is 11.0 Å². The van der Waals surface area contributed by atoms with Crippen molar-refractivity contribution in [3.63, 3.8) is 0 Å². The first kappa shape index (κ1) is 24.4. The van der Waals surface area contributed by atoms with E-state index in [0.29, 0.717) is 10.3 Å². The summed E-state index contributed by atoms with van der Waals surface area (Å²) in [5.74, 6) is -1.98. The predicted molar refractivity (Wildman–Crippen MR) is 123 cm³/mol. The summed E-state index contributed by atoms with van der Waals surface area (Å²) >= 11 is 0. The van der Waals surface area contributed by atoms with Crippen LogP contribution < -0.4 is 22.2 Å². The molecular formula is C22H24F3N7O3. The molecular weight excluding hydrogens is 467 g/mol. The minimum Gasteiger partial charge on any atom is -0.384 e. The summed E-state index contributed by atoms with van der Waals surface area (Å²) in [7, 11) is 0. The number of ether oxygens (including phenoxy) is 1. The summed E-state index contributed by atoms with van der Waals surface area (Å²) in [4.78, 5) is 34.7. The highest BCUT2D eigenvalue weighted by molar-refractivity contribution is 6.00. The summed E-state index contributed by atoms with van der Waals surface area (Å²) in [6, 6.07) is 7.46. The molecule has 13 heteroatoms. The van der Waals surface area contributed by atoms with Gasteiger partial charge in [-0.3, -0.25) is 14.5 Å². The largest absolute Gasteiger partial charge is 0.406 e. The topological polar surface area (TPSA) is 141 Å². The second kappa shape index (κ2) is 9.88. The Labute approximate surface area is 197 Å². The molecule has 1 amide bonds. The molecule has 0 radical (unpaired) electrons. The van der Waals surface area contributed by atoms with Crippen molar-refractivity contribution in [1.29, 1.82) is 0 Å². The van der Waals surface area contributed by atoms with Crippen LogP contribution in [-0.4, -0.2) is 64.4 Å². The first-order valence-corrected chi connectivity index (χ1v) is 10.8. The number of nitrogens with zero attached hydrogens (tertiary/aromatic N) is 4. The number of amides is 1. The minimum absolute atomic E-state index is 0.0416. The van der Waals surface area contributed by atoms with Crippen molar-refractivity contribution in [1.82, 2.24) is 19.4 Å². The monoisotopic (exact) mass is 491 g/mol. The van der Waals surface area contributed by atoms with E-state index in [0.717, 1.165) is 51.0 Å². The summed E-state index contributed by atoms with van der Waals surface area (Å²) in [5, 5.41) is 2.61. The third-order valence-corrected chi connectivity index (χ3v) is 5.66. The second-order valence-electron chi connectivity index (χ2n) is 8.11. The number of aromatic nitrogens is 3. The molecule has 0 aliphatic carbocycles. The average Bonchev–Trinajstić information content (AvgIpc) is 2.81. The molecule has 0 saturated carbocycles. The molecule has 0 spiro atoms. The third-order valence-electron chi connectivity index (χ3n) is 5.66. The van der Waals surface area contributed by atoms with Gasteiger partial charge in [-0.15, -0.1) is 0 Å². The lowest BCUT2D eigenvalue weighted by Gasteiger charge is -2.26. The van der Waals surface area contributed by atoms with Crippen LogP contribution in [0.15, 0.2) is 35.3 Å². The van der Waals surface area contributed by atoms with Crippen molar-refractivity contribution in [2.24, 2.45) is 5.73 Å². The zero-order valence-corrected chi connectivity index (χ0v) is 18.6. The number of carbonyl (C=O) groups excluding carboxylic acids is 1. The first-order chi connectivity index (χ1) is 16.6. The fourth-order valence-corrected chi connectivity index (χ4v) is 3.87. The second-order valence-corrected chi connectivity index (χ2v) is 8.11. The highest BCUT2D eigenvalue weighted by atomic mass is 19.4. The Bertz CT molecular complexity index is 1290. The Morgan fingerprint density at radius 1 is 1.17 bits per heavy atom. The number of halogens is 3. The summed E-state index contributed by atoms with van der Waals surface area (Å²) in [5.41, 5.74) is 10.6. The highest BCUT2D eigenvalue weighted by Gasteiger charge is 2.31. The van der Waals surface area contributed by atoms with Gasteiger partial charge in [0.05, 0.1) is 18.6 Å². The van der Waals surface area contributed by atoms with Gasteiger partial charge in [0, 0.05) is 31.5 Å². The van der Waals surface area contributed by atoms with E-state index in [1.165, 1.54) is 0 Å². The van der Waals surface area contributed by atoms with E-state index in [9.17, 15) is 22.8 Å². The number of nitrogen functional groups attached to an aromatic ring is 1. The molecule has 0 bridgehead atoms. The van der Waals surface area contributed by atoms with Gasteiger partial charge >= 0.3 is 6.18 Å². The molecule has 2 aromatic heterocycles. The van der Waals surface area contributed by atoms with Gasteiger partial charge < -0.3 is 26.1 Å². The molecule has 0 unspecified atom stereocenters. The van der Waals surface area contributed by atoms with Crippen LogP contribution in [-0.2, 0) is 17.7 Å². The van der Waals surface area contributed by atoms with Crippen molar-refractivity contribution < 1.29 is 22.7 Å². The fraction of sp³-hybridized carbons (Fsp3) is 0.364. The predicted octanol–water partition coefficient (Wildman–Crippen LogP) is 1.65. The number of anilines is 3. The maximum Gasteiger partial charge on any atom is 0.406 e. The van der Waals surface area contributed by atoms with E-state index >= 15 is 0 Å². The molecule has 5 N–H and O–H groups in total. The van der Waals surface area contributed by atoms with E-state index in [-0.39, 0.29) is 17.0 Å². The maximum absolute atomic E-state index is 13.2. The average molecular weight is 491 g/mol. The van der Waals surface area contributed by atoms with Gasteiger partial charge in [-0.2, -0.15) is 18.2 Å². The molecule has 1 aromatic carbocycles. The molecule has 3 heterocycles. The first-order valence-electron chi connectivity index (χ1n) is 10.8. The molecule has 35 heavy (non-hydrogen) atoms. The standard InChI is InChI=1S/C22H24F3N7O3/c23-22(24,25)12-32-18(26)16(19(27)34)17(33)15-11-28-21(30-20(15)32)29-14-3-1-13(2-4-14)5-6-31-7-9-35-10-8-31/h1-4,11H,5-10,12,26H2,(H2,27,34)(H,28,29,30). The number of fused-ring (bicyclic) bond motifs is 1. The van der Waals surface area contributed by atoms with E-state index in [4.69, 9.17) is 16.2 Å². The number of carbonyl (C=O) groups is 1. The summed E-state index contributed by atoms with van der Waals surface area (Å²) in [6.45, 7) is 2.63. The van der Waals surface area contributed by atoms with Crippen molar-refractivity contribution >= 4 is 34.4 Å². The number of pyridine rings is 1. The van der Waals surface area contributed by atoms with Crippen molar-refractivity contribution in [2.75, 3.05) is 43.9 Å². The number of primary amides is 1. The molecule has 1 saturated heterocycles. The molecule has 0 atom stereocenters. The Morgan fingerprint density at radius 2 is 1.86 bits per heavy atom. The quantitative estimate of drug-likeness (QED) is 0.453. The van der Waals surface area contributed by atoms with E-state index in [2.05, 4.69) is 20.2 Å². The number of morpholine rings is 1. The number of rotatable bonds is 7. The Morgan fingerprint density at radius 3 is 2.49 bits per heavy atom. The Balaban J connectivity index is 1.59. The summed E-state index contributed by atoms with van der Waals surface area (Å²) in [6.07, 6.45) is -2.79. The molecule has 3 aromatic rings. The zero-order chi connectivity index (χ0) is 25.2. The van der Waals surface area contributed by atoms with E-state index in [1.54, 1.807) is 12.1 Å². The lowest BCUT2D eigenvalue weighted by molar-refractivity contribution is -0.139. The van der Waals surface area contributed by atoms with Crippen molar-refractivity contribution in [2.45, 2.75) is 19.1 Å². The number of alkyl halides is 3. The number of hydrogen-bond donors (Lipinski definition) is 3. The number of benzene rings is 1. The molecule has 1 fully saturated rings. The van der Waals surface area contributed by atoms with Crippen LogP contribution in [0, 0.1) is 0 Å². The molecule has 4 rings (SSSR count). The van der Waals surface area contributed by atoms with Crippen molar-refractivity contribution in [3.8, 4) is 0 Å². The third kappa shape index (κ3) is 5.69. The Hall–Kier alpha value is -3.71. The van der Waals surface area contributed by atoms with Gasteiger partial charge in [0.15, 0.2) is 5.65 Å². The molecule has 1 aliphatic heterocycles. The van der Waals surface area contributed by atoms with Gasteiger partial charge in [-0.1, -0.05) is 12.1 Å². The van der Waals surface area contributed by atoms with Crippen LogP contribution in [0.2, 0.25) is 0 Å².